The van der Waals surface area contributed by atoms with Crippen LogP contribution in [0.5, 0.6) is 0 Å². The van der Waals surface area contributed by atoms with Crippen LogP contribution in [0.2, 0.25) is 36.3 Å². The Labute approximate surface area is 258 Å². The molecule has 2 aliphatic rings. The van der Waals surface area contributed by atoms with Crippen molar-refractivity contribution in [3.63, 3.8) is 0 Å². The molecule has 1 fully saturated rings. The van der Waals surface area contributed by atoms with Crippen molar-refractivity contribution < 1.29 is 28.0 Å². The second kappa shape index (κ2) is 13.1. The number of para-hydroxylation sites is 1. The van der Waals surface area contributed by atoms with E-state index in [9.17, 15) is 14.9 Å². The Morgan fingerprint density at radius 2 is 1.72 bits per heavy atom. The van der Waals surface area contributed by atoms with E-state index in [4.69, 9.17) is 24.1 Å². The molecule has 1 aromatic rings. The molecule has 242 valence electrons. The van der Waals surface area contributed by atoms with Crippen LogP contribution in [0.1, 0.15) is 66.6 Å². The minimum Gasteiger partial charge on any atom is -0.414 e. The van der Waals surface area contributed by atoms with E-state index in [0.29, 0.717) is 24.2 Å². The number of carbonyl (C=O) groups excluding carboxylic acids is 1. The first-order valence-corrected chi connectivity index (χ1v) is 20.8. The van der Waals surface area contributed by atoms with E-state index in [1.165, 1.54) is 11.0 Å². The van der Waals surface area contributed by atoms with E-state index in [0.717, 1.165) is 0 Å². The minimum atomic E-state index is -2.16. The van der Waals surface area contributed by atoms with Crippen molar-refractivity contribution in [2.75, 3.05) is 13.2 Å². The van der Waals surface area contributed by atoms with Crippen LogP contribution in [0.3, 0.4) is 0 Å². The molecule has 2 amide bonds. The maximum Gasteiger partial charge on any atom is 0.325 e. The monoisotopic (exact) mass is 636 g/mol. The molecule has 0 radical (unpaired) electrons. The Morgan fingerprint density at radius 1 is 1.12 bits per heavy atom. The molecule has 43 heavy (non-hydrogen) atoms. The summed E-state index contributed by atoms with van der Waals surface area (Å²) in [6, 6.07) is 6.11. The van der Waals surface area contributed by atoms with Gasteiger partial charge in [0.15, 0.2) is 16.6 Å². The SMILES string of the molecule is CC(OCC1=CN([C@H]2CC(O[Si](C)(C)C(C)(C)C)[C@@H](CO[Si](C)(C)C(C)(C)C)O2)C(=O)NC1N)c1ccccc1[N+](=O)[O-]. The first kappa shape index (κ1) is 35.3. The van der Waals surface area contributed by atoms with Gasteiger partial charge in [-0.25, -0.2) is 4.79 Å². The second-order valence-corrected chi connectivity index (χ2v) is 24.2. The predicted octanol–water partition coefficient (Wildman–Crippen LogP) is 6.39. The van der Waals surface area contributed by atoms with Crippen molar-refractivity contribution in [1.82, 2.24) is 10.2 Å². The molecule has 0 aliphatic carbocycles. The molecule has 2 heterocycles. The van der Waals surface area contributed by atoms with Crippen molar-refractivity contribution in [2.24, 2.45) is 5.73 Å². The number of nitrogens with one attached hydrogen (secondary N) is 1. The number of nitro benzene ring substituents is 1. The fourth-order valence-electron chi connectivity index (χ4n) is 4.47. The number of nitrogens with zero attached hydrogens (tertiary/aromatic N) is 2. The van der Waals surface area contributed by atoms with Gasteiger partial charge in [0.1, 0.15) is 18.5 Å². The van der Waals surface area contributed by atoms with E-state index < -0.39 is 40.1 Å². The molecule has 1 saturated heterocycles. The molecular formula is C30H52N4O7Si2. The summed E-state index contributed by atoms with van der Waals surface area (Å²) in [7, 11) is -4.22. The molecule has 3 rings (SSSR count). The van der Waals surface area contributed by atoms with Gasteiger partial charge in [0.25, 0.3) is 5.69 Å². The highest BCUT2D eigenvalue weighted by molar-refractivity contribution is 6.74. The van der Waals surface area contributed by atoms with Gasteiger partial charge in [0.05, 0.1) is 35.9 Å². The summed E-state index contributed by atoms with van der Waals surface area (Å²) >= 11 is 0. The van der Waals surface area contributed by atoms with E-state index in [2.05, 4.69) is 73.0 Å². The van der Waals surface area contributed by atoms with E-state index >= 15 is 0 Å². The Morgan fingerprint density at radius 3 is 2.30 bits per heavy atom. The van der Waals surface area contributed by atoms with Gasteiger partial charge < -0.3 is 29.4 Å². The molecule has 3 N–H and O–H groups in total. The third-order valence-corrected chi connectivity index (χ3v) is 18.5. The predicted molar refractivity (Wildman–Crippen MR) is 172 cm³/mol. The van der Waals surface area contributed by atoms with Gasteiger partial charge >= 0.3 is 6.03 Å². The topological polar surface area (TPSA) is 138 Å². The van der Waals surface area contributed by atoms with Gasteiger partial charge in [-0.05, 0) is 49.3 Å². The standard InChI is InChI=1S/C30H52N4O7Si2/c1-20(22-14-12-13-15-23(22)34(36)37)38-18-21-17-33(28(35)32-27(21)31)26-16-24(41-43(10,11)30(5,6)7)25(40-26)19-39-42(8,9)29(2,3)4/h12-15,17,20,24-27H,16,18-19,31H2,1-11H3,(H,32,35)/t20?,24?,25-,26-,27?/m1/s1. The van der Waals surface area contributed by atoms with Crippen LogP contribution in [-0.4, -0.2) is 70.3 Å². The molecule has 0 saturated carbocycles. The largest absolute Gasteiger partial charge is 0.414 e. The highest BCUT2D eigenvalue weighted by Crippen LogP contribution is 2.41. The number of nitro groups is 1. The number of amides is 2. The molecule has 0 bridgehead atoms. The van der Waals surface area contributed by atoms with Crippen LogP contribution in [0.4, 0.5) is 10.5 Å². The lowest BCUT2D eigenvalue weighted by atomic mass is 10.1. The molecule has 2 aliphatic heterocycles. The Balaban J connectivity index is 1.81. The Kier molecular flexibility index (Phi) is 10.7. The van der Waals surface area contributed by atoms with Gasteiger partial charge in [0, 0.05) is 24.3 Å². The van der Waals surface area contributed by atoms with Crippen molar-refractivity contribution in [3.8, 4) is 0 Å². The number of hydrogen-bond donors (Lipinski definition) is 2. The van der Waals surface area contributed by atoms with Gasteiger partial charge in [-0.15, -0.1) is 0 Å². The number of urea groups is 1. The number of ether oxygens (including phenoxy) is 2. The summed E-state index contributed by atoms with van der Waals surface area (Å²) in [6.07, 6.45) is -0.339. The van der Waals surface area contributed by atoms with Gasteiger partial charge in [-0.1, -0.05) is 53.7 Å². The number of hydrogen-bond acceptors (Lipinski definition) is 8. The smallest absolute Gasteiger partial charge is 0.325 e. The number of carbonyl (C=O) groups is 1. The first-order valence-electron chi connectivity index (χ1n) is 15.0. The lowest BCUT2D eigenvalue weighted by Crippen LogP contribution is -2.55. The van der Waals surface area contributed by atoms with Gasteiger partial charge in [-0.3, -0.25) is 15.0 Å². The maximum atomic E-state index is 13.2. The molecule has 0 spiro atoms. The lowest BCUT2D eigenvalue weighted by Gasteiger charge is -2.40. The van der Waals surface area contributed by atoms with Crippen molar-refractivity contribution in [3.05, 3.63) is 51.7 Å². The lowest BCUT2D eigenvalue weighted by molar-refractivity contribution is -0.386. The highest BCUT2D eigenvalue weighted by Gasteiger charge is 2.48. The fourth-order valence-corrected chi connectivity index (χ4v) is 6.85. The number of rotatable bonds is 11. The van der Waals surface area contributed by atoms with Crippen molar-refractivity contribution in [2.45, 2.75) is 122 Å². The summed E-state index contributed by atoms with van der Waals surface area (Å²) in [4.78, 5) is 25.7. The second-order valence-electron chi connectivity index (χ2n) is 14.7. The van der Waals surface area contributed by atoms with E-state index in [-0.39, 0.29) is 40.6 Å². The molecule has 1 aromatic carbocycles. The van der Waals surface area contributed by atoms with Gasteiger partial charge in [-0.2, -0.15) is 0 Å². The minimum absolute atomic E-state index is 0.000124. The van der Waals surface area contributed by atoms with Crippen LogP contribution in [-0.2, 0) is 18.3 Å². The zero-order valence-electron chi connectivity index (χ0n) is 27.7. The highest BCUT2D eigenvalue weighted by atomic mass is 28.4. The zero-order chi connectivity index (χ0) is 32.5. The summed E-state index contributed by atoms with van der Waals surface area (Å²) in [5.74, 6) is 0. The first-order chi connectivity index (χ1) is 19.6. The van der Waals surface area contributed by atoms with Gasteiger partial charge in [0.2, 0.25) is 0 Å². The fraction of sp³-hybridized carbons (Fsp3) is 0.700. The van der Waals surface area contributed by atoms with E-state index in [1.54, 1.807) is 31.3 Å². The molecule has 13 heteroatoms. The van der Waals surface area contributed by atoms with Crippen LogP contribution in [0, 0.1) is 10.1 Å². The maximum absolute atomic E-state index is 13.2. The Bertz CT molecular complexity index is 1200. The van der Waals surface area contributed by atoms with Crippen molar-refractivity contribution >= 4 is 28.4 Å². The quantitative estimate of drug-likeness (QED) is 0.162. The van der Waals surface area contributed by atoms with Crippen LogP contribution < -0.4 is 11.1 Å². The third-order valence-electron chi connectivity index (χ3n) is 9.45. The molecule has 0 aromatic heterocycles. The zero-order valence-corrected chi connectivity index (χ0v) is 29.7. The average molecular weight is 637 g/mol. The Hall–Kier alpha value is -2.14. The van der Waals surface area contributed by atoms with Crippen LogP contribution >= 0.6 is 0 Å². The number of benzene rings is 1. The normalized spacial score (nSPS) is 24.5. The van der Waals surface area contributed by atoms with Crippen LogP contribution in [0.25, 0.3) is 0 Å². The third kappa shape index (κ3) is 8.32. The molecule has 3 unspecified atom stereocenters. The average Bonchev–Trinajstić information content (AvgIpc) is 3.27. The summed E-state index contributed by atoms with van der Waals surface area (Å²) in [5.41, 5.74) is 7.34. The summed E-state index contributed by atoms with van der Waals surface area (Å²) in [5, 5.41) is 14.3. The molecule has 5 atom stereocenters. The summed E-state index contributed by atoms with van der Waals surface area (Å²) in [6.45, 7) is 24.3. The molecular weight excluding hydrogens is 585 g/mol. The van der Waals surface area contributed by atoms with Crippen LogP contribution in [0.15, 0.2) is 36.0 Å². The van der Waals surface area contributed by atoms with E-state index in [1.807, 2.05) is 0 Å². The number of nitrogens with two attached hydrogens (primary N) is 1. The van der Waals surface area contributed by atoms with Crippen molar-refractivity contribution in [1.29, 1.82) is 0 Å². The summed E-state index contributed by atoms with van der Waals surface area (Å²) < 4.78 is 26.0. The molecule has 11 nitrogen and oxygen atoms in total.